The lowest BCUT2D eigenvalue weighted by molar-refractivity contribution is 0.295. The van der Waals surface area contributed by atoms with E-state index in [1.54, 1.807) is 0 Å². The first-order valence-corrected chi connectivity index (χ1v) is 8.34. The predicted molar refractivity (Wildman–Crippen MR) is 87.4 cm³/mol. The van der Waals surface area contributed by atoms with Crippen LogP contribution in [0.25, 0.3) is 0 Å². The van der Waals surface area contributed by atoms with Crippen molar-refractivity contribution in [3.8, 4) is 0 Å². The fourth-order valence-corrected chi connectivity index (χ4v) is 3.30. The monoisotopic (exact) mass is 294 g/mol. The van der Waals surface area contributed by atoms with Crippen molar-refractivity contribution in [1.82, 2.24) is 10.2 Å². The summed E-state index contributed by atoms with van der Waals surface area (Å²) < 4.78 is 0. The summed E-state index contributed by atoms with van der Waals surface area (Å²) in [5.74, 6) is 0. The molecule has 1 aromatic carbocycles. The van der Waals surface area contributed by atoms with Crippen LogP contribution in [-0.4, -0.2) is 30.6 Å². The third-order valence-corrected chi connectivity index (χ3v) is 4.60. The Morgan fingerprint density at radius 2 is 2.15 bits per heavy atom. The van der Waals surface area contributed by atoms with Gasteiger partial charge in [-0.1, -0.05) is 37.6 Å². The number of hydrogen-bond donors (Lipinski definition) is 1. The van der Waals surface area contributed by atoms with Crippen LogP contribution in [0.15, 0.2) is 24.3 Å². The van der Waals surface area contributed by atoms with E-state index < -0.39 is 0 Å². The highest BCUT2D eigenvalue weighted by molar-refractivity contribution is 6.30. The normalized spacial score (nSPS) is 22.4. The van der Waals surface area contributed by atoms with E-state index in [-0.39, 0.29) is 0 Å². The molecule has 2 rings (SSSR count). The maximum absolute atomic E-state index is 6.12. The van der Waals surface area contributed by atoms with Gasteiger partial charge in [0.2, 0.25) is 0 Å². The molecule has 3 heteroatoms. The Labute approximate surface area is 128 Å². The lowest BCUT2D eigenvalue weighted by atomic mass is 10.0. The van der Waals surface area contributed by atoms with E-state index in [0.29, 0.717) is 12.1 Å². The molecular formula is C17H27ClN2. The molecule has 0 spiro atoms. The van der Waals surface area contributed by atoms with Gasteiger partial charge in [-0.15, -0.1) is 0 Å². The van der Waals surface area contributed by atoms with Crippen LogP contribution in [0.2, 0.25) is 5.02 Å². The summed E-state index contributed by atoms with van der Waals surface area (Å²) in [4.78, 5) is 2.56. The topological polar surface area (TPSA) is 15.3 Å². The van der Waals surface area contributed by atoms with Gasteiger partial charge in [-0.3, -0.25) is 0 Å². The standard InChI is InChI=1S/C17H27ClN2/c1-3-17(14-7-5-8-15(18)13-14)19-16-9-6-11-20(4-2)12-10-16/h5,7-8,13,16-17,19H,3-4,6,9-12H2,1-2H3. The summed E-state index contributed by atoms with van der Waals surface area (Å²) >= 11 is 6.12. The Hall–Kier alpha value is -0.570. The largest absolute Gasteiger partial charge is 0.307 e. The summed E-state index contributed by atoms with van der Waals surface area (Å²) in [6, 6.07) is 9.33. The smallest absolute Gasteiger partial charge is 0.0409 e. The van der Waals surface area contributed by atoms with Gasteiger partial charge in [0.1, 0.15) is 0 Å². The summed E-state index contributed by atoms with van der Waals surface area (Å²) in [5.41, 5.74) is 1.32. The number of nitrogens with zero attached hydrogens (tertiary/aromatic N) is 1. The van der Waals surface area contributed by atoms with Crippen LogP contribution in [0.3, 0.4) is 0 Å². The first kappa shape index (κ1) is 15.8. The van der Waals surface area contributed by atoms with Crippen LogP contribution in [0.1, 0.15) is 51.1 Å². The van der Waals surface area contributed by atoms with Crippen molar-refractivity contribution in [3.05, 3.63) is 34.9 Å². The number of likely N-dealkylation sites (tertiary alicyclic amines) is 1. The average molecular weight is 295 g/mol. The number of hydrogen-bond acceptors (Lipinski definition) is 2. The summed E-state index contributed by atoms with van der Waals surface area (Å²) in [5, 5.41) is 4.68. The van der Waals surface area contributed by atoms with Gasteiger partial charge in [0.05, 0.1) is 0 Å². The second-order valence-corrected chi connectivity index (χ2v) is 6.18. The first-order chi connectivity index (χ1) is 9.72. The Morgan fingerprint density at radius 3 is 2.85 bits per heavy atom. The molecule has 0 radical (unpaired) electrons. The van der Waals surface area contributed by atoms with Crippen molar-refractivity contribution in [1.29, 1.82) is 0 Å². The lowest BCUT2D eigenvalue weighted by Crippen LogP contribution is -2.33. The van der Waals surface area contributed by atoms with Gasteiger partial charge in [-0.2, -0.15) is 0 Å². The second-order valence-electron chi connectivity index (χ2n) is 5.74. The number of benzene rings is 1. The van der Waals surface area contributed by atoms with Crippen LogP contribution >= 0.6 is 11.6 Å². The Bertz CT molecular complexity index is 408. The third-order valence-electron chi connectivity index (χ3n) is 4.36. The summed E-state index contributed by atoms with van der Waals surface area (Å²) in [6.45, 7) is 8.16. The molecule has 2 nitrogen and oxygen atoms in total. The van der Waals surface area contributed by atoms with E-state index in [1.165, 1.54) is 44.5 Å². The molecule has 0 aliphatic carbocycles. The van der Waals surface area contributed by atoms with E-state index in [0.717, 1.165) is 11.4 Å². The van der Waals surface area contributed by atoms with Gasteiger partial charge >= 0.3 is 0 Å². The Balaban J connectivity index is 1.96. The molecule has 2 unspecified atom stereocenters. The first-order valence-electron chi connectivity index (χ1n) is 7.96. The zero-order valence-electron chi connectivity index (χ0n) is 12.7. The Morgan fingerprint density at radius 1 is 1.30 bits per heavy atom. The number of nitrogens with one attached hydrogen (secondary N) is 1. The van der Waals surface area contributed by atoms with E-state index in [9.17, 15) is 0 Å². The molecule has 20 heavy (non-hydrogen) atoms. The summed E-state index contributed by atoms with van der Waals surface area (Å²) in [6.07, 6.45) is 4.95. The van der Waals surface area contributed by atoms with Crippen molar-refractivity contribution in [2.45, 2.75) is 51.6 Å². The van der Waals surface area contributed by atoms with Crippen molar-refractivity contribution in [2.24, 2.45) is 0 Å². The molecule has 0 aromatic heterocycles. The molecular weight excluding hydrogens is 268 g/mol. The second kappa shape index (κ2) is 8.02. The highest BCUT2D eigenvalue weighted by atomic mass is 35.5. The quantitative estimate of drug-likeness (QED) is 0.873. The van der Waals surface area contributed by atoms with E-state index in [2.05, 4.69) is 36.2 Å². The predicted octanol–water partition coefficient (Wildman–Crippen LogP) is 4.26. The van der Waals surface area contributed by atoms with Crippen LogP contribution in [0.5, 0.6) is 0 Å². The van der Waals surface area contributed by atoms with E-state index in [4.69, 9.17) is 11.6 Å². The molecule has 1 heterocycles. The average Bonchev–Trinajstić information content (AvgIpc) is 2.69. The highest BCUT2D eigenvalue weighted by Gasteiger charge is 2.19. The van der Waals surface area contributed by atoms with Gasteiger partial charge in [-0.25, -0.2) is 0 Å². The van der Waals surface area contributed by atoms with E-state index in [1.807, 2.05) is 12.1 Å². The van der Waals surface area contributed by atoms with Crippen LogP contribution < -0.4 is 5.32 Å². The molecule has 1 aromatic rings. The molecule has 1 aliphatic heterocycles. The van der Waals surface area contributed by atoms with Gasteiger partial charge < -0.3 is 10.2 Å². The minimum atomic E-state index is 0.423. The molecule has 1 N–H and O–H groups in total. The lowest BCUT2D eigenvalue weighted by Gasteiger charge is -2.25. The molecule has 1 saturated heterocycles. The molecule has 1 aliphatic rings. The third kappa shape index (κ3) is 4.47. The molecule has 1 fully saturated rings. The maximum Gasteiger partial charge on any atom is 0.0409 e. The minimum absolute atomic E-state index is 0.423. The zero-order valence-corrected chi connectivity index (χ0v) is 13.5. The van der Waals surface area contributed by atoms with E-state index >= 15 is 0 Å². The van der Waals surface area contributed by atoms with Crippen molar-refractivity contribution in [2.75, 3.05) is 19.6 Å². The molecule has 0 bridgehead atoms. The molecule has 0 saturated carbocycles. The maximum atomic E-state index is 6.12. The van der Waals surface area contributed by atoms with Crippen LogP contribution in [0.4, 0.5) is 0 Å². The molecule has 2 atom stereocenters. The molecule has 112 valence electrons. The number of halogens is 1. The zero-order chi connectivity index (χ0) is 14.4. The van der Waals surface area contributed by atoms with Crippen molar-refractivity contribution < 1.29 is 0 Å². The van der Waals surface area contributed by atoms with Gasteiger partial charge in [0.25, 0.3) is 0 Å². The Kier molecular flexibility index (Phi) is 6.34. The fourth-order valence-electron chi connectivity index (χ4n) is 3.10. The highest BCUT2D eigenvalue weighted by Crippen LogP contribution is 2.23. The van der Waals surface area contributed by atoms with Gasteiger partial charge in [0.15, 0.2) is 0 Å². The van der Waals surface area contributed by atoms with Crippen molar-refractivity contribution >= 4 is 11.6 Å². The van der Waals surface area contributed by atoms with Gasteiger partial charge in [-0.05, 0) is 63.0 Å². The van der Waals surface area contributed by atoms with Crippen LogP contribution in [-0.2, 0) is 0 Å². The number of rotatable bonds is 5. The molecule has 0 amide bonds. The van der Waals surface area contributed by atoms with Gasteiger partial charge in [0, 0.05) is 17.1 Å². The fraction of sp³-hybridized carbons (Fsp3) is 0.647. The minimum Gasteiger partial charge on any atom is -0.307 e. The summed E-state index contributed by atoms with van der Waals surface area (Å²) in [7, 11) is 0. The van der Waals surface area contributed by atoms with Crippen molar-refractivity contribution in [3.63, 3.8) is 0 Å². The SMILES string of the molecule is CCC(NC1CCCN(CC)CC1)c1cccc(Cl)c1. The van der Waals surface area contributed by atoms with Crippen LogP contribution in [0, 0.1) is 0 Å².